The number of carbonyl (C=O) groups is 2. The van der Waals surface area contributed by atoms with Crippen LogP contribution in [0, 0.1) is 0 Å². The van der Waals surface area contributed by atoms with Gasteiger partial charge < -0.3 is 14.7 Å². The van der Waals surface area contributed by atoms with Crippen molar-refractivity contribution < 1.29 is 19.4 Å². The molecule has 1 saturated heterocycles. The van der Waals surface area contributed by atoms with Gasteiger partial charge in [0.15, 0.2) is 0 Å². The number of amides is 1. The number of carboxylic acids is 1. The molecule has 2 aromatic rings. The second-order valence-corrected chi connectivity index (χ2v) is 9.46. The molecule has 0 spiro atoms. The van der Waals surface area contributed by atoms with Crippen LogP contribution in [0.1, 0.15) is 70.6 Å². The van der Waals surface area contributed by atoms with Crippen LogP contribution in [0.25, 0.3) is 11.1 Å². The lowest BCUT2D eigenvalue weighted by atomic mass is 10.0. The maximum atomic E-state index is 12.6. The highest BCUT2D eigenvalue weighted by molar-refractivity contribution is 5.91. The molecule has 190 valence electrons. The van der Waals surface area contributed by atoms with Gasteiger partial charge in [-0.2, -0.15) is 0 Å². The van der Waals surface area contributed by atoms with Gasteiger partial charge in [0.1, 0.15) is 6.10 Å². The first-order valence-electron chi connectivity index (χ1n) is 13.2. The van der Waals surface area contributed by atoms with E-state index in [1.807, 2.05) is 54.6 Å². The lowest BCUT2D eigenvalue weighted by molar-refractivity contribution is -0.137. The summed E-state index contributed by atoms with van der Waals surface area (Å²) in [4.78, 5) is 25.5. The minimum atomic E-state index is -0.687. The third-order valence-electron chi connectivity index (χ3n) is 6.67. The number of anilines is 1. The van der Waals surface area contributed by atoms with Gasteiger partial charge in [-0.3, -0.25) is 10.1 Å². The van der Waals surface area contributed by atoms with Gasteiger partial charge >= 0.3 is 12.1 Å². The zero-order valence-electron chi connectivity index (χ0n) is 20.8. The van der Waals surface area contributed by atoms with Crippen LogP contribution >= 0.6 is 0 Å². The summed E-state index contributed by atoms with van der Waals surface area (Å²) < 4.78 is 5.74. The molecule has 0 atom stereocenters. The molecular weight excluding hydrogens is 440 g/mol. The summed E-state index contributed by atoms with van der Waals surface area (Å²) >= 11 is 0. The third-order valence-corrected chi connectivity index (χ3v) is 6.67. The van der Waals surface area contributed by atoms with E-state index in [1.165, 1.54) is 32.1 Å². The molecule has 1 aliphatic rings. The predicted octanol–water partition coefficient (Wildman–Crippen LogP) is 6.96. The molecule has 1 aliphatic heterocycles. The minimum absolute atomic E-state index is 0.0312. The first kappa shape index (κ1) is 26.7. The van der Waals surface area contributed by atoms with Crippen LogP contribution in [0.15, 0.2) is 54.6 Å². The van der Waals surface area contributed by atoms with Crippen molar-refractivity contribution in [3.63, 3.8) is 0 Å². The van der Waals surface area contributed by atoms with Gasteiger partial charge in [0.05, 0.1) is 5.69 Å². The number of nitrogens with zero attached hydrogens (tertiary/aromatic N) is 1. The smallest absolute Gasteiger partial charge is 0.411 e. The lowest BCUT2D eigenvalue weighted by Gasteiger charge is -2.31. The molecule has 1 fully saturated rings. The van der Waals surface area contributed by atoms with Gasteiger partial charge in [-0.1, -0.05) is 87.1 Å². The van der Waals surface area contributed by atoms with Gasteiger partial charge in [0.25, 0.3) is 0 Å². The van der Waals surface area contributed by atoms with Crippen molar-refractivity contribution in [2.45, 2.75) is 76.7 Å². The topological polar surface area (TPSA) is 78.9 Å². The maximum absolute atomic E-state index is 12.6. The van der Waals surface area contributed by atoms with E-state index in [9.17, 15) is 9.59 Å². The number of benzene rings is 2. The molecule has 2 N–H and O–H groups in total. The van der Waals surface area contributed by atoms with Crippen LogP contribution in [0.4, 0.5) is 10.5 Å². The molecule has 2 aromatic carbocycles. The van der Waals surface area contributed by atoms with E-state index in [0.29, 0.717) is 6.42 Å². The molecule has 0 aromatic heterocycles. The Hall–Kier alpha value is -2.86. The van der Waals surface area contributed by atoms with E-state index in [4.69, 9.17) is 9.84 Å². The van der Waals surface area contributed by atoms with Crippen LogP contribution in [0.3, 0.4) is 0 Å². The fraction of sp³-hybridized carbons (Fsp3) is 0.517. The highest BCUT2D eigenvalue weighted by atomic mass is 16.6. The molecule has 6 nitrogen and oxygen atoms in total. The van der Waals surface area contributed by atoms with Gasteiger partial charge in [0.2, 0.25) is 0 Å². The number of hydrogen-bond acceptors (Lipinski definition) is 4. The Morgan fingerprint density at radius 1 is 0.829 bits per heavy atom. The number of aliphatic carboxylic acids is 1. The first-order chi connectivity index (χ1) is 17.1. The average Bonchev–Trinajstić information content (AvgIpc) is 2.87. The number of hydrogen-bond donors (Lipinski definition) is 2. The Labute approximate surface area is 209 Å². The second-order valence-electron chi connectivity index (χ2n) is 9.46. The zero-order valence-corrected chi connectivity index (χ0v) is 20.8. The first-order valence-corrected chi connectivity index (χ1v) is 13.2. The number of nitrogens with one attached hydrogen (secondary N) is 1. The molecule has 1 amide bonds. The third kappa shape index (κ3) is 10.1. The molecular formula is C29H40N2O4. The highest BCUT2D eigenvalue weighted by Gasteiger charge is 2.22. The SMILES string of the molecule is O=C(O)CCCCCCCCCCN1CCC(OC(=O)Nc2ccccc2-c2ccccc2)CC1. The van der Waals surface area contributed by atoms with E-state index < -0.39 is 5.97 Å². The molecule has 1 heterocycles. The number of unbranched alkanes of at least 4 members (excludes halogenated alkanes) is 7. The Kier molecular flexibility index (Phi) is 11.6. The Morgan fingerprint density at radius 3 is 2.11 bits per heavy atom. The number of ether oxygens (including phenoxy) is 1. The van der Waals surface area contributed by atoms with Crippen molar-refractivity contribution in [1.29, 1.82) is 0 Å². The number of carbonyl (C=O) groups excluding carboxylic acids is 1. The van der Waals surface area contributed by atoms with Crippen molar-refractivity contribution >= 4 is 17.7 Å². The van der Waals surface area contributed by atoms with Crippen molar-refractivity contribution in [2.24, 2.45) is 0 Å². The molecule has 3 rings (SSSR count). The van der Waals surface area contributed by atoms with E-state index in [-0.39, 0.29) is 12.2 Å². The Bertz CT molecular complexity index is 895. The van der Waals surface area contributed by atoms with Crippen LogP contribution in [-0.4, -0.2) is 47.8 Å². The Morgan fingerprint density at radius 2 is 1.43 bits per heavy atom. The number of likely N-dealkylation sites (tertiary alicyclic amines) is 1. The number of rotatable bonds is 14. The van der Waals surface area contributed by atoms with Crippen LogP contribution in [0.5, 0.6) is 0 Å². The fourth-order valence-electron chi connectivity index (χ4n) is 4.68. The van der Waals surface area contributed by atoms with Gasteiger partial charge in [0, 0.05) is 25.1 Å². The van der Waals surface area contributed by atoms with E-state index >= 15 is 0 Å². The Balaban J connectivity index is 1.26. The highest BCUT2D eigenvalue weighted by Crippen LogP contribution is 2.28. The van der Waals surface area contributed by atoms with Gasteiger partial charge in [-0.05, 0) is 43.9 Å². The molecule has 0 radical (unpaired) electrons. The van der Waals surface area contributed by atoms with E-state index in [0.717, 1.165) is 68.6 Å². The summed E-state index contributed by atoms with van der Waals surface area (Å²) in [6.45, 7) is 3.06. The number of para-hydroxylation sites is 1. The molecule has 0 saturated carbocycles. The fourth-order valence-corrected chi connectivity index (χ4v) is 4.68. The van der Waals surface area contributed by atoms with Gasteiger partial charge in [-0.25, -0.2) is 4.79 Å². The summed E-state index contributed by atoms with van der Waals surface area (Å²) in [6, 6.07) is 17.8. The van der Waals surface area contributed by atoms with Crippen LogP contribution < -0.4 is 5.32 Å². The van der Waals surface area contributed by atoms with E-state index in [1.54, 1.807) is 0 Å². The normalized spacial score (nSPS) is 14.5. The minimum Gasteiger partial charge on any atom is -0.481 e. The van der Waals surface area contributed by atoms with Crippen molar-refractivity contribution in [3.8, 4) is 11.1 Å². The molecule has 6 heteroatoms. The number of carboxylic acid groups (broad SMARTS) is 1. The van der Waals surface area contributed by atoms with Crippen molar-refractivity contribution in [2.75, 3.05) is 25.0 Å². The second kappa shape index (κ2) is 15.2. The van der Waals surface area contributed by atoms with Gasteiger partial charge in [-0.15, -0.1) is 0 Å². The maximum Gasteiger partial charge on any atom is 0.411 e. The predicted molar refractivity (Wildman–Crippen MR) is 141 cm³/mol. The van der Waals surface area contributed by atoms with Crippen LogP contribution in [0.2, 0.25) is 0 Å². The van der Waals surface area contributed by atoms with E-state index in [2.05, 4.69) is 10.2 Å². The summed E-state index contributed by atoms with van der Waals surface area (Å²) in [6.07, 6.45) is 10.8. The monoisotopic (exact) mass is 480 g/mol. The molecule has 0 bridgehead atoms. The molecule has 0 aliphatic carbocycles. The largest absolute Gasteiger partial charge is 0.481 e. The number of piperidine rings is 1. The summed E-state index contributed by atoms with van der Waals surface area (Å²) in [5.41, 5.74) is 2.81. The van der Waals surface area contributed by atoms with Crippen LogP contribution in [-0.2, 0) is 9.53 Å². The summed E-state index contributed by atoms with van der Waals surface area (Å²) in [5, 5.41) is 11.6. The zero-order chi connectivity index (χ0) is 24.7. The molecule has 0 unspecified atom stereocenters. The van der Waals surface area contributed by atoms with Crippen molar-refractivity contribution in [3.05, 3.63) is 54.6 Å². The molecule has 35 heavy (non-hydrogen) atoms. The quantitative estimate of drug-likeness (QED) is 0.286. The standard InChI is InChI=1S/C29H40N2O4/c32-28(33)18-10-5-3-1-2-4-6-13-21-31-22-19-25(20-23-31)35-29(34)30-27-17-12-11-16-26(27)24-14-8-7-9-15-24/h7-9,11-12,14-17,25H,1-6,10,13,18-23H2,(H,30,34)(H,32,33). The lowest BCUT2D eigenvalue weighted by Crippen LogP contribution is -2.38. The summed E-state index contributed by atoms with van der Waals surface area (Å²) in [5.74, 6) is -0.687. The van der Waals surface area contributed by atoms with Crippen molar-refractivity contribution in [1.82, 2.24) is 4.90 Å². The average molecular weight is 481 g/mol. The summed E-state index contributed by atoms with van der Waals surface area (Å²) in [7, 11) is 0.